The Morgan fingerprint density at radius 3 is 2.57 bits per heavy atom. The summed E-state index contributed by atoms with van der Waals surface area (Å²) in [6, 6.07) is 0.161. The minimum atomic E-state index is -0.494. The predicted molar refractivity (Wildman–Crippen MR) is 78.5 cm³/mol. The van der Waals surface area contributed by atoms with Crippen LogP contribution in [0.1, 0.15) is 32.6 Å². The van der Waals surface area contributed by atoms with Crippen LogP contribution in [-0.4, -0.2) is 61.1 Å². The highest BCUT2D eigenvalue weighted by Crippen LogP contribution is 2.38. The molecule has 3 aliphatic rings. The third kappa shape index (κ3) is 3.46. The molecule has 1 amide bonds. The van der Waals surface area contributed by atoms with Gasteiger partial charge in [-0.2, -0.15) is 0 Å². The van der Waals surface area contributed by atoms with Crippen molar-refractivity contribution in [3.05, 3.63) is 11.4 Å². The van der Waals surface area contributed by atoms with E-state index in [0.29, 0.717) is 18.0 Å². The van der Waals surface area contributed by atoms with E-state index in [1.807, 2.05) is 0 Å². The molecule has 0 radical (unpaired) electrons. The molecule has 3 fully saturated rings. The number of hydrogen-bond donors (Lipinski definition) is 0. The van der Waals surface area contributed by atoms with Crippen LogP contribution in [0, 0.1) is 5.92 Å². The Kier molecular flexibility index (Phi) is 4.60. The molecule has 21 heavy (non-hydrogen) atoms. The first-order valence-electron chi connectivity index (χ1n) is 8.14. The number of allylic oxidation sites excluding steroid dienone is 1. The molecule has 0 aromatic heterocycles. The van der Waals surface area contributed by atoms with Crippen molar-refractivity contribution in [2.75, 3.05) is 39.4 Å². The minimum Gasteiger partial charge on any atom is -0.379 e. The second kappa shape index (κ2) is 6.44. The number of carbonyl (C=O) groups is 1. The Hall–Kier alpha value is -0.940. The highest BCUT2D eigenvalue weighted by atomic mass is 19.1. The lowest BCUT2D eigenvalue weighted by atomic mass is 10.1. The molecule has 0 aromatic rings. The number of amides is 1. The van der Waals surface area contributed by atoms with Crippen molar-refractivity contribution >= 4 is 5.91 Å². The first-order chi connectivity index (χ1) is 10.2. The van der Waals surface area contributed by atoms with Crippen LogP contribution in [0.25, 0.3) is 0 Å². The second-order valence-electron chi connectivity index (χ2n) is 6.48. The average molecular weight is 296 g/mol. The van der Waals surface area contributed by atoms with Crippen LogP contribution < -0.4 is 0 Å². The summed E-state index contributed by atoms with van der Waals surface area (Å²) in [6.07, 6.45) is 4.03. The molecule has 0 aromatic carbocycles. The molecule has 1 atom stereocenters. The van der Waals surface area contributed by atoms with Gasteiger partial charge in [-0.25, -0.2) is 4.39 Å². The third-order valence-electron chi connectivity index (χ3n) is 4.93. The number of hydrogen-bond acceptors (Lipinski definition) is 3. The molecule has 3 rings (SSSR count). The maximum atomic E-state index is 14.3. The van der Waals surface area contributed by atoms with Gasteiger partial charge < -0.3 is 9.64 Å². The van der Waals surface area contributed by atoms with Gasteiger partial charge in [-0.05, 0) is 44.1 Å². The normalized spacial score (nSPS) is 28.7. The molecular formula is C16H25FN2O2. The lowest BCUT2D eigenvalue weighted by molar-refractivity contribution is -0.130. The van der Waals surface area contributed by atoms with Crippen LogP contribution >= 0.6 is 0 Å². The molecule has 0 bridgehead atoms. The van der Waals surface area contributed by atoms with E-state index < -0.39 is 5.83 Å². The summed E-state index contributed by atoms with van der Waals surface area (Å²) in [5.41, 5.74) is 0.664. The Bertz CT molecular complexity index is 428. The number of nitrogens with zero attached hydrogens (tertiary/aromatic N) is 2. The van der Waals surface area contributed by atoms with Crippen LogP contribution in [0.3, 0.4) is 0 Å². The maximum Gasteiger partial charge on any atom is 0.282 e. The zero-order valence-electron chi connectivity index (χ0n) is 12.8. The smallest absolute Gasteiger partial charge is 0.282 e. The van der Waals surface area contributed by atoms with Crippen molar-refractivity contribution in [2.24, 2.45) is 5.92 Å². The molecular weight excluding hydrogens is 271 g/mol. The molecule has 2 aliphatic heterocycles. The van der Waals surface area contributed by atoms with Crippen molar-refractivity contribution in [3.8, 4) is 0 Å². The van der Waals surface area contributed by atoms with Crippen molar-refractivity contribution < 1.29 is 13.9 Å². The van der Waals surface area contributed by atoms with E-state index >= 15 is 0 Å². The fourth-order valence-electron chi connectivity index (χ4n) is 3.36. The average Bonchev–Trinajstić information content (AvgIpc) is 3.26. The summed E-state index contributed by atoms with van der Waals surface area (Å²) in [7, 11) is 0. The number of likely N-dealkylation sites (tertiary alicyclic amines) is 1. The lowest BCUT2D eigenvalue weighted by Gasteiger charge is -2.32. The van der Waals surface area contributed by atoms with Crippen LogP contribution in [-0.2, 0) is 9.53 Å². The largest absolute Gasteiger partial charge is 0.379 e. The molecule has 1 aliphatic carbocycles. The van der Waals surface area contributed by atoms with Crippen molar-refractivity contribution in [3.63, 3.8) is 0 Å². The van der Waals surface area contributed by atoms with Crippen molar-refractivity contribution in [2.45, 2.75) is 38.6 Å². The molecule has 5 heteroatoms. The van der Waals surface area contributed by atoms with E-state index in [9.17, 15) is 9.18 Å². The van der Waals surface area contributed by atoms with Crippen molar-refractivity contribution in [1.82, 2.24) is 9.80 Å². The SMILES string of the molecule is C/C(=C(/F)C(=O)N1CCC[C@H]1CN1CCOCC1)C1CC1. The van der Waals surface area contributed by atoms with Gasteiger partial charge in [0.05, 0.1) is 13.2 Å². The number of rotatable bonds is 4. The highest BCUT2D eigenvalue weighted by molar-refractivity contribution is 5.92. The van der Waals surface area contributed by atoms with Gasteiger partial charge in [0.2, 0.25) is 0 Å². The fraction of sp³-hybridized carbons (Fsp3) is 0.812. The molecule has 0 spiro atoms. The van der Waals surface area contributed by atoms with Gasteiger partial charge in [-0.1, -0.05) is 0 Å². The van der Waals surface area contributed by atoms with Gasteiger partial charge in [0.15, 0.2) is 5.83 Å². The summed E-state index contributed by atoms with van der Waals surface area (Å²) >= 11 is 0. The van der Waals surface area contributed by atoms with Gasteiger partial charge in [0.25, 0.3) is 5.91 Å². The molecule has 0 N–H and O–H groups in total. The zero-order chi connectivity index (χ0) is 14.8. The van der Waals surface area contributed by atoms with Gasteiger partial charge in [-0.15, -0.1) is 0 Å². The number of morpholine rings is 1. The van der Waals surface area contributed by atoms with E-state index in [4.69, 9.17) is 4.74 Å². The van der Waals surface area contributed by atoms with E-state index in [0.717, 1.165) is 58.5 Å². The monoisotopic (exact) mass is 296 g/mol. The molecule has 0 unspecified atom stereocenters. The van der Waals surface area contributed by atoms with Gasteiger partial charge in [0.1, 0.15) is 0 Å². The van der Waals surface area contributed by atoms with E-state index in [1.165, 1.54) is 0 Å². The Labute approximate surface area is 125 Å². The van der Waals surface area contributed by atoms with E-state index in [2.05, 4.69) is 4.90 Å². The Morgan fingerprint density at radius 2 is 1.90 bits per heavy atom. The van der Waals surface area contributed by atoms with Gasteiger partial charge in [-0.3, -0.25) is 9.69 Å². The Balaban J connectivity index is 1.62. The summed E-state index contributed by atoms with van der Waals surface area (Å²) in [5, 5.41) is 0. The van der Waals surface area contributed by atoms with Gasteiger partial charge >= 0.3 is 0 Å². The molecule has 1 saturated carbocycles. The zero-order valence-corrected chi connectivity index (χ0v) is 12.8. The van der Waals surface area contributed by atoms with Crippen LogP contribution in [0.5, 0.6) is 0 Å². The third-order valence-corrected chi connectivity index (χ3v) is 4.93. The lowest BCUT2D eigenvalue weighted by Crippen LogP contribution is -2.47. The first-order valence-corrected chi connectivity index (χ1v) is 8.14. The topological polar surface area (TPSA) is 32.8 Å². The van der Waals surface area contributed by atoms with Gasteiger partial charge in [0, 0.05) is 32.2 Å². The van der Waals surface area contributed by atoms with Crippen molar-refractivity contribution in [1.29, 1.82) is 0 Å². The number of ether oxygens (including phenoxy) is 1. The van der Waals surface area contributed by atoms with Crippen LogP contribution in [0.2, 0.25) is 0 Å². The molecule has 118 valence electrons. The maximum absolute atomic E-state index is 14.3. The quantitative estimate of drug-likeness (QED) is 0.744. The standard InChI is InChI=1S/C16H25FN2O2/c1-12(13-4-5-13)15(17)16(20)19-6-2-3-14(19)11-18-7-9-21-10-8-18/h13-14H,2-11H2,1H3/b15-12-/t14-/m0/s1. The number of carbonyl (C=O) groups excluding carboxylic acids is 1. The molecule has 2 saturated heterocycles. The highest BCUT2D eigenvalue weighted by Gasteiger charge is 2.35. The Morgan fingerprint density at radius 1 is 1.19 bits per heavy atom. The summed E-state index contributed by atoms with van der Waals surface area (Å²) in [4.78, 5) is 16.5. The van der Waals surface area contributed by atoms with E-state index in [1.54, 1.807) is 11.8 Å². The summed E-state index contributed by atoms with van der Waals surface area (Å²) < 4.78 is 19.7. The van der Waals surface area contributed by atoms with Crippen LogP contribution in [0.15, 0.2) is 11.4 Å². The number of halogens is 1. The van der Waals surface area contributed by atoms with E-state index in [-0.39, 0.29) is 11.9 Å². The molecule has 2 heterocycles. The predicted octanol–water partition coefficient (Wildman–Crippen LogP) is 1.96. The molecule has 4 nitrogen and oxygen atoms in total. The summed E-state index contributed by atoms with van der Waals surface area (Å²) in [6.45, 7) is 6.67. The fourth-order valence-corrected chi connectivity index (χ4v) is 3.36. The van der Waals surface area contributed by atoms with Crippen LogP contribution in [0.4, 0.5) is 4.39 Å². The summed E-state index contributed by atoms with van der Waals surface area (Å²) in [5.74, 6) is -0.559. The second-order valence-corrected chi connectivity index (χ2v) is 6.48. The minimum absolute atomic E-state index is 0.161. The first kappa shape index (κ1) is 15.0.